The van der Waals surface area contributed by atoms with Crippen LogP contribution in [-0.2, 0) is 19.1 Å². The van der Waals surface area contributed by atoms with E-state index in [1.807, 2.05) is 0 Å². The Morgan fingerprint density at radius 2 is 2.19 bits per heavy atom. The van der Waals surface area contributed by atoms with Gasteiger partial charge in [-0.3, -0.25) is 14.4 Å². The molecular weight excluding hydrogens is 300 g/mol. The number of benzene rings is 1. The van der Waals surface area contributed by atoms with Gasteiger partial charge in [-0.1, -0.05) is 11.6 Å². The molecule has 2 N–H and O–H groups in total. The molecule has 8 heteroatoms. The fourth-order valence-electron chi connectivity index (χ4n) is 1.74. The van der Waals surface area contributed by atoms with Gasteiger partial charge in [0.1, 0.15) is 12.3 Å². The highest BCUT2D eigenvalue weighted by atomic mass is 35.5. The summed E-state index contributed by atoms with van der Waals surface area (Å²) in [5.41, 5.74) is -1.40. The van der Waals surface area contributed by atoms with Crippen LogP contribution < -0.4 is 15.4 Å². The zero-order valence-electron chi connectivity index (χ0n) is 11.4. The molecule has 0 radical (unpaired) electrons. The normalized spacial score (nSPS) is 19.9. The van der Waals surface area contributed by atoms with Gasteiger partial charge in [-0.2, -0.15) is 0 Å². The van der Waals surface area contributed by atoms with E-state index in [4.69, 9.17) is 16.3 Å². The Kier molecular flexibility index (Phi) is 4.04. The second-order valence-corrected chi connectivity index (χ2v) is 4.93. The van der Waals surface area contributed by atoms with E-state index in [2.05, 4.69) is 15.4 Å². The molecule has 112 valence electrons. The van der Waals surface area contributed by atoms with Crippen LogP contribution in [0.3, 0.4) is 0 Å². The fourth-order valence-corrected chi connectivity index (χ4v) is 1.91. The average Bonchev–Trinajstić information content (AvgIpc) is 2.45. The lowest BCUT2D eigenvalue weighted by molar-refractivity contribution is -0.149. The first kappa shape index (κ1) is 15.1. The van der Waals surface area contributed by atoms with Crippen LogP contribution in [0.4, 0.5) is 5.69 Å². The average molecular weight is 313 g/mol. The maximum Gasteiger partial charge on any atom is 0.325 e. The molecule has 0 aromatic heterocycles. The minimum atomic E-state index is -1.78. The number of anilines is 1. The molecule has 1 aliphatic rings. The molecule has 0 saturated carbocycles. The van der Waals surface area contributed by atoms with Gasteiger partial charge in [-0.15, -0.1) is 0 Å². The number of carbonyl (C=O) groups is 3. The van der Waals surface area contributed by atoms with Crippen molar-refractivity contribution >= 4 is 35.1 Å². The Labute approximate surface area is 125 Å². The van der Waals surface area contributed by atoms with Crippen LogP contribution in [0.2, 0.25) is 5.02 Å². The molecule has 1 aromatic rings. The Hall–Kier alpha value is -2.28. The largest absolute Gasteiger partial charge is 0.468 e. The minimum Gasteiger partial charge on any atom is -0.468 e. The highest BCUT2D eigenvalue weighted by Crippen LogP contribution is 2.35. The molecule has 0 unspecified atom stereocenters. The van der Waals surface area contributed by atoms with Crippen LogP contribution in [-0.4, -0.2) is 37.0 Å². The number of esters is 1. The minimum absolute atomic E-state index is 0.315. The maximum absolute atomic E-state index is 12.1. The standard InChI is InChI=1S/C13H13ClN2O5/c1-13(11(18)15-6-10(17)20-2)12(19)16-8-5-7(14)3-4-9(8)21-13/h3-5H,6H2,1-2H3,(H,15,18)(H,16,19)/t13-/m1/s1. The SMILES string of the molecule is COC(=O)CNC(=O)[C@@]1(C)Oc2ccc(Cl)cc2NC1=O. The van der Waals surface area contributed by atoms with Gasteiger partial charge >= 0.3 is 5.97 Å². The lowest BCUT2D eigenvalue weighted by Crippen LogP contribution is -2.59. The van der Waals surface area contributed by atoms with Crippen molar-refractivity contribution in [2.24, 2.45) is 0 Å². The summed E-state index contributed by atoms with van der Waals surface area (Å²) in [7, 11) is 1.19. The van der Waals surface area contributed by atoms with Crippen LogP contribution in [0.5, 0.6) is 5.75 Å². The van der Waals surface area contributed by atoms with Crippen LogP contribution >= 0.6 is 11.6 Å². The van der Waals surface area contributed by atoms with Crippen molar-refractivity contribution in [1.82, 2.24) is 5.32 Å². The third kappa shape index (κ3) is 2.92. The molecule has 1 heterocycles. The van der Waals surface area contributed by atoms with Crippen molar-refractivity contribution in [3.63, 3.8) is 0 Å². The number of methoxy groups -OCH3 is 1. The van der Waals surface area contributed by atoms with Gasteiger partial charge in [0.15, 0.2) is 0 Å². The number of fused-ring (bicyclic) bond motifs is 1. The number of carbonyl (C=O) groups excluding carboxylic acids is 3. The van der Waals surface area contributed by atoms with Gasteiger partial charge < -0.3 is 20.1 Å². The van der Waals surface area contributed by atoms with Gasteiger partial charge in [-0.25, -0.2) is 0 Å². The highest BCUT2D eigenvalue weighted by molar-refractivity contribution is 6.31. The van der Waals surface area contributed by atoms with Crippen LogP contribution in [0.15, 0.2) is 18.2 Å². The molecule has 2 rings (SSSR count). The van der Waals surface area contributed by atoms with E-state index in [0.717, 1.165) is 0 Å². The van der Waals surface area contributed by atoms with Gasteiger partial charge in [-0.05, 0) is 25.1 Å². The molecule has 1 aromatic carbocycles. The Morgan fingerprint density at radius 1 is 1.48 bits per heavy atom. The predicted molar refractivity (Wildman–Crippen MR) is 74.1 cm³/mol. The van der Waals surface area contributed by atoms with Gasteiger partial charge in [0.25, 0.3) is 17.4 Å². The summed E-state index contributed by atoms with van der Waals surface area (Å²) in [5.74, 6) is -1.71. The summed E-state index contributed by atoms with van der Waals surface area (Å²) < 4.78 is 9.89. The molecule has 1 atom stereocenters. The quantitative estimate of drug-likeness (QED) is 0.633. The monoisotopic (exact) mass is 312 g/mol. The van der Waals surface area contributed by atoms with Crippen molar-refractivity contribution in [1.29, 1.82) is 0 Å². The van der Waals surface area contributed by atoms with Crippen LogP contribution in [0.1, 0.15) is 6.92 Å². The van der Waals surface area contributed by atoms with Crippen LogP contribution in [0.25, 0.3) is 0 Å². The second-order valence-electron chi connectivity index (χ2n) is 4.49. The molecule has 0 spiro atoms. The summed E-state index contributed by atoms with van der Waals surface area (Å²) in [6, 6.07) is 4.63. The lowest BCUT2D eigenvalue weighted by Gasteiger charge is -2.33. The van der Waals surface area contributed by atoms with Crippen molar-refractivity contribution in [2.45, 2.75) is 12.5 Å². The Morgan fingerprint density at radius 3 is 2.86 bits per heavy atom. The number of amides is 2. The summed E-state index contributed by atoms with van der Waals surface area (Å²) in [6.45, 7) is 0.960. The molecule has 0 fully saturated rings. The third-order valence-corrected chi connectivity index (χ3v) is 3.23. The van der Waals surface area contributed by atoms with E-state index in [0.29, 0.717) is 16.5 Å². The molecule has 1 aliphatic heterocycles. The number of ether oxygens (including phenoxy) is 2. The summed E-state index contributed by atoms with van der Waals surface area (Å²) >= 11 is 5.82. The van der Waals surface area contributed by atoms with E-state index in [1.54, 1.807) is 12.1 Å². The summed E-state index contributed by atoms with van der Waals surface area (Å²) in [5, 5.41) is 5.27. The Bertz CT molecular complexity index is 619. The smallest absolute Gasteiger partial charge is 0.325 e. The van der Waals surface area contributed by atoms with Crippen molar-refractivity contribution in [2.75, 3.05) is 19.0 Å². The number of hydrogen-bond donors (Lipinski definition) is 2. The maximum atomic E-state index is 12.1. The molecule has 0 bridgehead atoms. The number of rotatable bonds is 3. The summed E-state index contributed by atoms with van der Waals surface area (Å²) in [4.78, 5) is 35.2. The second kappa shape index (κ2) is 5.61. The Balaban J connectivity index is 2.19. The molecule has 21 heavy (non-hydrogen) atoms. The molecule has 0 saturated heterocycles. The van der Waals surface area contributed by atoms with Gasteiger partial charge in [0.2, 0.25) is 0 Å². The van der Waals surface area contributed by atoms with Crippen molar-refractivity contribution < 1.29 is 23.9 Å². The first-order valence-electron chi connectivity index (χ1n) is 6.02. The van der Waals surface area contributed by atoms with Crippen molar-refractivity contribution in [3.05, 3.63) is 23.2 Å². The number of hydrogen-bond acceptors (Lipinski definition) is 5. The van der Waals surface area contributed by atoms with Gasteiger partial charge in [0, 0.05) is 5.02 Å². The topological polar surface area (TPSA) is 93.7 Å². The van der Waals surface area contributed by atoms with E-state index in [1.165, 1.54) is 20.1 Å². The lowest BCUT2D eigenvalue weighted by atomic mass is 10.0. The first-order valence-corrected chi connectivity index (χ1v) is 6.40. The van der Waals surface area contributed by atoms with Crippen LogP contribution in [0, 0.1) is 0 Å². The van der Waals surface area contributed by atoms with E-state index in [-0.39, 0.29) is 6.54 Å². The third-order valence-electron chi connectivity index (χ3n) is 2.99. The zero-order chi connectivity index (χ0) is 15.6. The zero-order valence-corrected chi connectivity index (χ0v) is 12.1. The van der Waals surface area contributed by atoms with Gasteiger partial charge in [0.05, 0.1) is 12.8 Å². The number of halogens is 1. The molecule has 0 aliphatic carbocycles. The molecular formula is C13H13ClN2O5. The predicted octanol–water partition coefficient (Wildman–Crippen LogP) is 0.719. The van der Waals surface area contributed by atoms with E-state index >= 15 is 0 Å². The number of nitrogens with one attached hydrogen (secondary N) is 2. The highest BCUT2D eigenvalue weighted by Gasteiger charge is 2.47. The molecule has 2 amide bonds. The first-order chi connectivity index (χ1) is 9.86. The summed E-state index contributed by atoms with van der Waals surface area (Å²) in [6.07, 6.45) is 0. The van der Waals surface area contributed by atoms with E-state index < -0.39 is 23.4 Å². The van der Waals surface area contributed by atoms with Crippen molar-refractivity contribution in [3.8, 4) is 5.75 Å². The fraction of sp³-hybridized carbons (Fsp3) is 0.308. The molecule has 7 nitrogen and oxygen atoms in total. The van der Waals surface area contributed by atoms with E-state index in [9.17, 15) is 14.4 Å².